The summed E-state index contributed by atoms with van der Waals surface area (Å²) in [5.41, 5.74) is 9.65. The molecular weight excluding hydrogens is 422 g/mol. The maximum atomic E-state index is 12.7. The number of aryl methyl sites for hydroxylation is 1. The van der Waals surface area contributed by atoms with Crippen LogP contribution in [0, 0.1) is 0 Å². The van der Waals surface area contributed by atoms with E-state index in [0.717, 1.165) is 23.1 Å². The van der Waals surface area contributed by atoms with Gasteiger partial charge in [-0.05, 0) is 54.8 Å². The Bertz CT molecular complexity index is 1250. The molecule has 11 heteroatoms. The van der Waals surface area contributed by atoms with E-state index in [1.54, 1.807) is 14.2 Å². The number of sulfonamides is 1. The second-order valence-corrected chi connectivity index (χ2v) is 8.50. The van der Waals surface area contributed by atoms with Crippen molar-refractivity contribution in [3.05, 3.63) is 53.2 Å². The van der Waals surface area contributed by atoms with Crippen molar-refractivity contribution in [1.82, 2.24) is 15.6 Å². The third-order valence-electron chi connectivity index (χ3n) is 5.11. The molecule has 1 heterocycles. The minimum atomic E-state index is -3.78. The number of nitrogens with zero attached hydrogens (tertiary/aromatic N) is 1. The summed E-state index contributed by atoms with van der Waals surface area (Å²) in [5.74, 6) is 0.844. The largest absolute Gasteiger partial charge is 0.493 e. The Morgan fingerprint density at radius 1 is 1.10 bits per heavy atom. The van der Waals surface area contributed by atoms with Gasteiger partial charge in [-0.1, -0.05) is 0 Å². The molecule has 0 saturated carbocycles. The van der Waals surface area contributed by atoms with Crippen LogP contribution in [0.15, 0.2) is 41.3 Å². The summed E-state index contributed by atoms with van der Waals surface area (Å²) >= 11 is 0. The molecule has 0 spiro atoms. The van der Waals surface area contributed by atoms with E-state index >= 15 is 0 Å². The number of amides is 1. The van der Waals surface area contributed by atoms with E-state index in [9.17, 15) is 13.2 Å². The number of primary sulfonamides is 1. The molecule has 5 N–H and O–H groups in total. The number of hydrogen-bond acceptors (Lipinski definition) is 7. The van der Waals surface area contributed by atoms with Crippen LogP contribution in [0.5, 0.6) is 11.5 Å². The molecule has 1 amide bonds. The summed E-state index contributed by atoms with van der Waals surface area (Å²) in [5, 5.41) is 12.3. The lowest BCUT2D eigenvalue weighted by atomic mass is 9.88. The van der Waals surface area contributed by atoms with Crippen molar-refractivity contribution in [3.8, 4) is 22.8 Å². The van der Waals surface area contributed by atoms with Gasteiger partial charge in [0.25, 0.3) is 5.91 Å². The van der Waals surface area contributed by atoms with Crippen LogP contribution in [-0.2, 0) is 22.9 Å². The first-order chi connectivity index (χ1) is 14.8. The van der Waals surface area contributed by atoms with Gasteiger partial charge in [0.15, 0.2) is 11.5 Å². The van der Waals surface area contributed by atoms with Crippen LogP contribution in [0.3, 0.4) is 0 Å². The Labute approximate surface area is 178 Å². The van der Waals surface area contributed by atoms with Crippen LogP contribution in [0.1, 0.15) is 21.6 Å². The molecular formula is C20H21N5O5S. The van der Waals surface area contributed by atoms with E-state index in [-0.39, 0.29) is 4.90 Å². The van der Waals surface area contributed by atoms with Crippen molar-refractivity contribution in [2.75, 3.05) is 19.6 Å². The monoisotopic (exact) mass is 443 g/mol. The normalized spacial score (nSPS) is 12.5. The fourth-order valence-corrected chi connectivity index (χ4v) is 4.06. The van der Waals surface area contributed by atoms with E-state index in [2.05, 4.69) is 21.0 Å². The molecule has 0 bridgehead atoms. The van der Waals surface area contributed by atoms with Crippen LogP contribution >= 0.6 is 0 Å². The summed E-state index contributed by atoms with van der Waals surface area (Å²) in [6.07, 6.45) is 1.37. The Balaban J connectivity index is 1.54. The molecule has 0 radical (unpaired) electrons. The zero-order valence-electron chi connectivity index (χ0n) is 16.9. The van der Waals surface area contributed by atoms with Gasteiger partial charge < -0.3 is 9.47 Å². The number of aromatic amines is 1. The molecule has 0 aliphatic heterocycles. The highest BCUT2D eigenvalue weighted by atomic mass is 32.2. The van der Waals surface area contributed by atoms with E-state index in [4.69, 9.17) is 14.6 Å². The molecule has 10 nitrogen and oxygen atoms in total. The van der Waals surface area contributed by atoms with Gasteiger partial charge >= 0.3 is 0 Å². The third-order valence-corrected chi connectivity index (χ3v) is 6.04. The summed E-state index contributed by atoms with van der Waals surface area (Å²) in [7, 11) is -0.619. The number of rotatable bonds is 6. The molecule has 0 atom stereocenters. The highest BCUT2D eigenvalue weighted by Crippen LogP contribution is 2.40. The van der Waals surface area contributed by atoms with Gasteiger partial charge in [0, 0.05) is 11.1 Å². The molecule has 4 rings (SSSR count). The topological polar surface area (TPSA) is 148 Å². The SMILES string of the molecule is COc1cc2c(cc1OC)-c1n[nH]c(C(=O)NNc3ccc(S(N)(=O)=O)cc3)c1CC2. The van der Waals surface area contributed by atoms with Crippen molar-refractivity contribution in [2.24, 2.45) is 5.14 Å². The number of methoxy groups -OCH3 is 2. The maximum Gasteiger partial charge on any atom is 0.287 e. The molecule has 0 unspecified atom stereocenters. The molecule has 2 aromatic carbocycles. The van der Waals surface area contributed by atoms with Gasteiger partial charge in [-0.25, -0.2) is 13.6 Å². The first kappa shape index (κ1) is 20.7. The molecule has 1 aliphatic rings. The summed E-state index contributed by atoms with van der Waals surface area (Å²) in [4.78, 5) is 12.7. The minimum Gasteiger partial charge on any atom is -0.493 e. The quantitative estimate of drug-likeness (QED) is 0.423. The Morgan fingerprint density at radius 2 is 1.77 bits per heavy atom. The summed E-state index contributed by atoms with van der Waals surface area (Å²) in [6.45, 7) is 0. The van der Waals surface area contributed by atoms with E-state index in [1.807, 2.05) is 12.1 Å². The fourth-order valence-electron chi connectivity index (χ4n) is 3.55. The van der Waals surface area contributed by atoms with Crippen LogP contribution in [0.4, 0.5) is 5.69 Å². The third kappa shape index (κ3) is 3.92. The average Bonchev–Trinajstić information content (AvgIpc) is 3.20. The van der Waals surface area contributed by atoms with Crippen molar-refractivity contribution in [3.63, 3.8) is 0 Å². The van der Waals surface area contributed by atoms with E-state index in [0.29, 0.717) is 35.0 Å². The highest BCUT2D eigenvalue weighted by Gasteiger charge is 2.27. The number of carbonyl (C=O) groups is 1. The van der Waals surface area contributed by atoms with Gasteiger partial charge in [0.2, 0.25) is 10.0 Å². The first-order valence-electron chi connectivity index (χ1n) is 9.33. The Kier molecular flexibility index (Phi) is 5.29. The molecule has 1 aliphatic carbocycles. The number of fused-ring (bicyclic) bond motifs is 3. The number of anilines is 1. The number of H-pyrrole nitrogens is 1. The predicted molar refractivity (Wildman–Crippen MR) is 113 cm³/mol. The van der Waals surface area contributed by atoms with Crippen molar-refractivity contribution in [2.45, 2.75) is 17.7 Å². The highest BCUT2D eigenvalue weighted by molar-refractivity contribution is 7.89. The first-order valence-corrected chi connectivity index (χ1v) is 10.9. The molecule has 0 saturated heterocycles. The smallest absolute Gasteiger partial charge is 0.287 e. The van der Waals surface area contributed by atoms with Gasteiger partial charge in [-0.15, -0.1) is 0 Å². The lowest BCUT2D eigenvalue weighted by molar-refractivity contribution is 0.0956. The lowest BCUT2D eigenvalue weighted by Gasteiger charge is -2.19. The zero-order valence-corrected chi connectivity index (χ0v) is 17.7. The van der Waals surface area contributed by atoms with Crippen molar-refractivity contribution in [1.29, 1.82) is 0 Å². The Morgan fingerprint density at radius 3 is 2.42 bits per heavy atom. The van der Waals surface area contributed by atoms with Crippen LogP contribution < -0.4 is 25.5 Å². The molecule has 162 valence electrons. The van der Waals surface area contributed by atoms with Gasteiger partial charge in [0.1, 0.15) is 5.69 Å². The standard InChI is InChI=1S/C20H21N5O5S/c1-29-16-9-11-3-8-14-18(15(11)10-17(16)30-2)23-24-19(14)20(26)25-22-12-4-6-13(7-5-12)31(21,27)28/h4-7,9-10,22H,3,8H2,1-2H3,(H,23,24)(H,25,26)(H2,21,27,28). The maximum absolute atomic E-state index is 12.7. The molecule has 31 heavy (non-hydrogen) atoms. The van der Waals surface area contributed by atoms with Gasteiger partial charge in [-0.3, -0.25) is 20.7 Å². The predicted octanol–water partition coefficient (Wildman–Crippen LogP) is 1.60. The van der Waals surface area contributed by atoms with E-state index < -0.39 is 15.9 Å². The number of ether oxygens (including phenoxy) is 2. The van der Waals surface area contributed by atoms with Crippen LogP contribution in [0.2, 0.25) is 0 Å². The fraction of sp³-hybridized carbons (Fsp3) is 0.200. The zero-order chi connectivity index (χ0) is 22.2. The number of nitrogens with one attached hydrogen (secondary N) is 3. The summed E-state index contributed by atoms with van der Waals surface area (Å²) < 4.78 is 33.4. The van der Waals surface area contributed by atoms with Crippen LogP contribution in [-0.4, -0.2) is 38.7 Å². The number of hydrogen-bond donors (Lipinski definition) is 4. The lowest BCUT2D eigenvalue weighted by Crippen LogP contribution is -2.30. The number of hydrazine groups is 1. The number of aromatic nitrogens is 2. The number of benzene rings is 2. The van der Waals surface area contributed by atoms with Gasteiger partial charge in [-0.2, -0.15) is 5.10 Å². The van der Waals surface area contributed by atoms with Gasteiger partial charge in [0.05, 0.1) is 30.5 Å². The van der Waals surface area contributed by atoms with Crippen LogP contribution in [0.25, 0.3) is 11.3 Å². The minimum absolute atomic E-state index is 0.0160. The number of nitrogens with two attached hydrogens (primary N) is 1. The molecule has 0 fully saturated rings. The van der Waals surface area contributed by atoms with E-state index in [1.165, 1.54) is 24.3 Å². The van der Waals surface area contributed by atoms with Crippen molar-refractivity contribution >= 4 is 21.6 Å². The number of carbonyl (C=O) groups excluding carboxylic acids is 1. The second kappa shape index (κ2) is 7.93. The Hall–Kier alpha value is -3.57. The molecule has 1 aromatic heterocycles. The average molecular weight is 443 g/mol. The molecule has 3 aromatic rings. The summed E-state index contributed by atoms with van der Waals surface area (Å²) in [6, 6.07) is 9.48. The second-order valence-electron chi connectivity index (χ2n) is 6.94. The van der Waals surface area contributed by atoms with Crippen molar-refractivity contribution < 1.29 is 22.7 Å².